The molecule has 19 heavy (non-hydrogen) atoms. The maximum absolute atomic E-state index is 12.7. The Balaban J connectivity index is 2.07. The summed E-state index contributed by atoms with van der Waals surface area (Å²) in [4.78, 5) is 14.7. The number of rotatable bonds is 4. The van der Waals surface area contributed by atoms with Crippen molar-refractivity contribution in [2.45, 2.75) is 39.7 Å². The van der Waals surface area contributed by atoms with Crippen LogP contribution in [0.25, 0.3) is 0 Å². The second kappa shape index (κ2) is 6.53. The van der Waals surface area contributed by atoms with Crippen LogP contribution in [0, 0.1) is 12.8 Å². The van der Waals surface area contributed by atoms with Gasteiger partial charge in [0.05, 0.1) is 5.56 Å². The van der Waals surface area contributed by atoms with Gasteiger partial charge in [0.15, 0.2) is 0 Å². The van der Waals surface area contributed by atoms with Gasteiger partial charge in [-0.25, -0.2) is 0 Å². The van der Waals surface area contributed by atoms with Gasteiger partial charge in [0.1, 0.15) is 0 Å². The minimum atomic E-state index is 0.194. The average molecular weight is 280 g/mol. The number of carbonyl (C=O) groups excluding carboxylic acids is 1. The average Bonchev–Trinajstić information content (AvgIpc) is 2.82. The van der Waals surface area contributed by atoms with E-state index >= 15 is 0 Å². The molecule has 0 aliphatic carbocycles. The fourth-order valence-electron chi connectivity index (χ4n) is 2.62. The van der Waals surface area contributed by atoms with E-state index in [0.717, 1.165) is 30.8 Å². The number of hydrogen-bond donors (Lipinski definition) is 1. The first kappa shape index (κ1) is 14.5. The van der Waals surface area contributed by atoms with Crippen LogP contribution >= 0.6 is 11.3 Å². The standard InChI is InChI=1S/C15H24N2OS/c1-11(2)17(8-13-5-4-6-16-7-13)15(18)14-10-19-9-12(14)3/h9-11,13,16H,4-8H2,1-3H3. The monoisotopic (exact) mass is 280 g/mol. The van der Waals surface area contributed by atoms with Crippen molar-refractivity contribution in [3.8, 4) is 0 Å². The lowest BCUT2D eigenvalue weighted by Gasteiger charge is -2.33. The zero-order valence-corrected chi connectivity index (χ0v) is 12.9. The summed E-state index contributed by atoms with van der Waals surface area (Å²) in [6.07, 6.45) is 2.45. The Morgan fingerprint density at radius 1 is 1.53 bits per heavy atom. The molecule has 0 saturated carbocycles. The van der Waals surface area contributed by atoms with Crippen LogP contribution in [0.4, 0.5) is 0 Å². The second-order valence-corrected chi connectivity index (χ2v) is 6.48. The van der Waals surface area contributed by atoms with Crippen LogP contribution in [0.5, 0.6) is 0 Å². The van der Waals surface area contributed by atoms with Crippen LogP contribution in [0.3, 0.4) is 0 Å². The van der Waals surface area contributed by atoms with Gasteiger partial charge in [-0.1, -0.05) is 0 Å². The zero-order chi connectivity index (χ0) is 13.8. The number of hydrogen-bond acceptors (Lipinski definition) is 3. The highest BCUT2D eigenvalue weighted by Crippen LogP contribution is 2.20. The fraction of sp³-hybridized carbons (Fsp3) is 0.667. The van der Waals surface area contributed by atoms with Crippen molar-refractivity contribution in [2.75, 3.05) is 19.6 Å². The van der Waals surface area contributed by atoms with E-state index in [1.807, 2.05) is 22.6 Å². The Morgan fingerprint density at radius 2 is 2.32 bits per heavy atom. The summed E-state index contributed by atoms with van der Waals surface area (Å²) in [6.45, 7) is 9.27. The van der Waals surface area contributed by atoms with E-state index < -0.39 is 0 Å². The van der Waals surface area contributed by atoms with E-state index in [1.165, 1.54) is 12.8 Å². The van der Waals surface area contributed by atoms with Crippen LogP contribution in [0.1, 0.15) is 42.6 Å². The molecule has 1 fully saturated rings. The number of carbonyl (C=O) groups is 1. The van der Waals surface area contributed by atoms with Gasteiger partial charge in [-0.15, -0.1) is 0 Å². The van der Waals surface area contributed by atoms with Crippen molar-refractivity contribution in [1.82, 2.24) is 10.2 Å². The third-order valence-corrected chi connectivity index (χ3v) is 4.69. The first-order valence-corrected chi connectivity index (χ1v) is 8.08. The molecule has 2 heterocycles. The van der Waals surface area contributed by atoms with Gasteiger partial charge in [0.2, 0.25) is 0 Å². The highest BCUT2D eigenvalue weighted by Gasteiger charge is 2.24. The van der Waals surface area contributed by atoms with Gasteiger partial charge in [0, 0.05) is 18.0 Å². The summed E-state index contributed by atoms with van der Waals surface area (Å²) in [5.74, 6) is 0.790. The maximum Gasteiger partial charge on any atom is 0.255 e. The molecule has 1 aliphatic rings. The Hall–Kier alpha value is -0.870. The summed E-state index contributed by atoms with van der Waals surface area (Å²) < 4.78 is 0. The van der Waals surface area contributed by atoms with Gasteiger partial charge in [-0.05, 0) is 63.6 Å². The molecule has 1 amide bonds. The summed E-state index contributed by atoms with van der Waals surface area (Å²) in [5.41, 5.74) is 1.98. The number of nitrogens with one attached hydrogen (secondary N) is 1. The number of piperidine rings is 1. The molecule has 0 bridgehead atoms. The highest BCUT2D eigenvalue weighted by atomic mass is 32.1. The summed E-state index contributed by atoms with van der Waals surface area (Å²) >= 11 is 1.61. The van der Waals surface area contributed by atoms with Crippen molar-refractivity contribution >= 4 is 17.2 Å². The molecule has 1 saturated heterocycles. The molecule has 1 N–H and O–H groups in total. The molecule has 0 aromatic carbocycles. The van der Waals surface area contributed by atoms with Gasteiger partial charge in [-0.2, -0.15) is 11.3 Å². The second-order valence-electron chi connectivity index (χ2n) is 5.73. The van der Waals surface area contributed by atoms with E-state index in [1.54, 1.807) is 11.3 Å². The van der Waals surface area contributed by atoms with Crippen molar-refractivity contribution < 1.29 is 4.79 Å². The molecule has 4 heteroatoms. The number of thiophene rings is 1. The lowest BCUT2D eigenvalue weighted by molar-refractivity contribution is 0.0660. The van der Waals surface area contributed by atoms with E-state index in [0.29, 0.717) is 5.92 Å². The van der Waals surface area contributed by atoms with Crippen LogP contribution in [-0.2, 0) is 0 Å². The molecule has 1 unspecified atom stereocenters. The molecule has 1 aliphatic heterocycles. The Morgan fingerprint density at radius 3 is 2.84 bits per heavy atom. The van der Waals surface area contributed by atoms with Crippen molar-refractivity contribution in [3.05, 3.63) is 21.9 Å². The van der Waals surface area contributed by atoms with Gasteiger partial charge in [0.25, 0.3) is 5.91 Å². The van der Waals surface area contributed by atoms with E-state index in [9.17, 15) is 4.79 Å². The first-order valence-electron chi connectivity index (χ1n) is 7.14. The molecule has 0 spiro atoms. The number of aryl methyl sites for hydroxylation is 1. The number of amides is 1. The predicted octanol–water partition coefficient (Wildman–Crippen LogP) is 2.91. The molecular formula is C15H24N2OS. The molecule has 2 rings (SSSR count). The molecule has 1 aromatic rings. The molecule has 0 radical (unpaired) electrons. The lowest BCUT2D eigenvalue weighted by Crippen LogP contribution is -2.44. The topological polar surface area (TPSA) is 32.3 Å². The van der Waals surface area contributed by atoms with Crippen molar-refractivity contribution in [2.24, 2.45) is 5.92 Å². The van der Waals surface area contributed by atoms with Crippen molar-refractivity contribution in [3.63, 3.8) is 0 Å². The minimum Gasteiger partial charge on any atom is -0.336 e. The third-order valence-electron chi connectivity index (χ3n) is 3.82. The first-order chi connectivity index (χ1) is 9.09. The van der Waals surface area contributed by atoms with Gasteiger partial charge < -0.3 is 10.2 Å². The zero-order valence-electron chi connectivity index (χ0n) is 12.1. The molecular weight excluding hydrogens is 256 g/mol. The summed E-state index contributed by atoms with van der Waals surface area (Å²) in [7, 11) is 0. The largest absolute Gasteiger partial charge is 0.336 e. The quantitative estimate of drug-likeness (QED) is 0.920. The van der Waals surface area contributed by atoms with E-state index in [2.05, 4.69) is 19.2 Å². The van der Waals surface area contributed by atoms with E-state index in [4.69, 9.17) is 0 Å². The maximum atomic E-state index is 12.7. The van der Waals surface area contributed by atoms with Gasteiger partial charge in [-0.3, -0.25) is 4.79 Å². The third kappa shape index (κ3) is 3.57. The lowest BCUT2D eigenvalue weighted by atomic mass is 9.98. The highest BCUT2D eigenvalue weighted by molar-refractivity contribution is 7.08. The van der Waals surface area contributed by atoms with Crippen LogP contribution in [0.15, 0.2) is 10.8 Å². The minimum absolute atomic E-state index is 0.194. The van der Waals surface area contributed by atoms with Crippen LogP contribution in [-0.4, -0.2) is 36.5 Å². The number of nitrogens with zero attached hydrogens (tertiary/aromatic N) is 1. The molecule has 1 aromatic heterocycles. The Bertz CT molecular complexity index is 422. The summed E-state index contributed by atoms with van der Waals surface area (Å²) in [5, 5.41) is 7.46. The molecule has 3 nitrogen and oxygen atoms in total. The smallest absolute Gasteiger partial charge is 0.255 e. The normalized spacial score (nSPS) is 19.7. The van der Waals surface area contributed by atoms with Crippen LogP contribution < -0.4 is 5.32 Å². The Kier molecular flexibility index (Phi) is 4.99. The molecule has 106 valence electrons. The van der Waals surface area contributed by atoms with Crippen LogP contribution in [0.2, 0.25) is 0 Å². The summed E-state index contributed by atoms with van der Waals surface area (Å²) in [6, 6.07) is 0.258. The fourth-order valence-corrected chi connectivity index (χ4v) is 3.44. The Labute approximate surface area is 120 Å². The van der Waals surface area contributed by atoms with E-state index in [-0.39, 0.29) is 11.9 Å². The SMILES string of the molecule is Cc1cscc1C(=O)N(CC1CCCNC1)C(C)C. The van der Waals surface area contributed by atoms with Crippen molar-refractivity contribution in [1.29, 1.82) is 0 Å². The predicted molar refractivity (Wildman–Crippen MR) is 80.8 cm³/mol. The van der Waals surface area contributed by atoms with Gasteiger partial charge >= 0.3 is 0 Å². The molecule has 1 atom stereocenters.